The molecule has 0 spiro atoms. The number of allylic oxidation sites excluding steroid dienone is 1. The van der Waals surface area contributed by atoms with E-state index in [1.807, 2.05) is 0 Å². The van der Waals surface area contributed by atoms with E-state index in [1.165, 1.54) is 12.0 Å². The van der Waals surface area contributed by atoms with Crippen LogP contribution in [0, 0.1) is 28.6 Å². The quantitative estimate of drug-likeness (QED) is 0.687. The Labute approximate surface area is 144 Å². The molecular formula is C20H29ClO2. The Morgan fingerprint density at radius 2 is 1.70 bits per heavy atom. The summed E-state index contributed by atoms with van der Waals surface area (Å²) in [7, 11) is 0. The first-order chi connectivity index (χ1) is 10.7. The van der Waals surface area contributed by atoms with E-state index in [1.54, 1.807) is 0 Å². The van der Waals surface area contributed by atoms with Crippen molar-refractivity contribution in [1.29, 1.82) is 0 Å². The fourth-order valence-corrected chi connectivity index (χ4v) is 7.30. The number of aliphatic hydroxyl groups is 1. The zero-order valence-electron chi connectivity index (χ0n) is 14.6. The van der Waals surface area contributed by atoms with Gasteiger partial charge in [-0.2, -0.15) is 0 Å². The van der Waals surface area contributed by atoms with Gasteiger partial charge < -0.3 is 5.11 Å². The van der Waals surface area contributed by atoms with Gasteiger partial charge in [-0.15, -0.1) is 0 Å². The van der Waals surface area contributed by atoms with E-state index in [9.17, 15) is 9.90 Å². The van der Waals surface area contributed by atoms with Crippen molar-refractivity contribution >= 4 is 17.4 Å². The normalized spacial score (nSPS) is 52.9. The Bertz CT molecular complexity index is 592. The summed E-state index contributed by atoms with van der Waals surface area (Å²) in [6.45, 7) is 6.75. The van der Waals surface area contributed by atoms with Crippen molar-refractivity contribution in [1.82, 2.24) is 0 Å². The fraction of sp³-hybridized carbons (Fsp3) is 0.850. The van der Waals surface area contributed by atoms with Gasteiger partial charge in [-0.25, -0.2) is 0 Å². The van der Waals surface area contributed by atoms with E-state index < -0.39 is 5.60 Å². The Morgan fingerprint density at radius 3 is 2.43 bits per heavy atom. The number of carbonyl (C=O) groups is 1. The first-order valence-corrected chi connectivity index (χ1v) is 9.73. The zero-order valence-corrected chi connectivity index (χ0v) is 15.4. The largest absolute Gasteiger partial charge is 0.390 e. The summed E-state index contributed by atoms with van der Waals surface area (Å²) in [5.41, 5.74) is 0.925. The van der Waals surface area contributed by atoms with Gasteiger partial charge in [0.1, 0.15) is 0 Å². The Hall–Kier alpha value is -0.340. The van der Waals surface area contributed by atoms with Crippen LogP contribution in [0.4, 0.5) is 0 Å². The molecule has 3 heteroatoms. The summed E-state index contributed by atoms with van der Waals surface area (Å²) in [6, 6.07) is 0. The van der Waals surface area contributed by atoms with Crippen molar-refractivity contribution in [3.63, 3.8) is 0 Å². The molecule has 0 amide bonds. The molecule has 1 N–H and O–H groups in total. The highest BCUT2D eigenvalue weighted by molar-refractivity contribution is 6.43. The van der Waals surface area contributed by atoms with Crippen LogP contribution in [0.25, 0.3) is 0 Å². The number of hydrogen-bond donors (Lipinski definition) is 1. The van der Waals surface area contributed by atoms with Gasteiger partial charge in [0.15, 0.2) is 5.78 Å². The highest BCUT2D eigenvalue weighted by atomic mass is 35.5. The van der Waals surface area contributed by atoms with Crippen LogP contribution in [0.5, 0.6) is 0 Å². The second kappa shape index (κ2) is 4.85. The predicted molar refractivity (Wildman–Crippen MR) is 92.1 cm³/mol. The van der Waals surface area contributed by atoms with E-state index in [2.05, 4.69) is 20.8 Å². The number of fused-ring (bicyclic) bond motifs is 5. The van der Waals surface area contributed by atoms with Crippen molar-refractivity contribution in [2.24, 2.45) is 28.6 Å². The lowest BCUT2D eigenvalue weighted by Crippen LogP contribution is -2.54. The second-order valence-electron chi connectivity index (χ2n) is 9.32. The number of ketones is 1. The monoisotopic (exact) mass is 336 g/mol. The van der Waals surface area contributed by atoms with E-state index >= 15 is 0 Å². The highest BCUT2D eigenvalue weighted by Gasteiger charge is 2.62. The maximum atomic E-state index is 12.0. The Balaban J connectivity index is 1.72. The van der Waals surface area contributed by atoms with Crippen LogP contribution in [-0.4, -0.2) is 16.5 Å². The summed E-state index contributed by atoms with van der Waals surface area (Å²) in [4.78, 5) is 12.0. The SMILES string of the molecule is C[C@]12CCC(=O)C(Cl)=C1CC[C@H]1[C@H]2CC[C@@]2(C)[C@@H]1CC[C@]2(C)O. The predicted octanol–water partition coefficient (Wildman–Crippen LogP) is 4.84. The molecule has 0 radical (unpaired) electrons. The lowest BCUT2D eigenvalue weighted by atomic mass is 9.46. The standard InChI is InChI=1S/C20H29ClO2/c1-18-9-8-16(22)17(21)15(18)5-4-12-13(18)6-10-19(2)14(12)7-11-20(19,3)23/h12-14,23H,4-11H2,1-3H3/t12-,13+,14+,18+,19-,20-/m0/s1. The van der Waals surface area contributed by atoms with Gasteiger partial charge in [0.25, 0.3) is 0 Å². The molecule has 2 nitrogen and oxygen atoms in total. The van der Waals surface area contributed by atoms with Gasteiger partial charge in [-0.3, -0.25) is 4.79 Å². The zero-order chi connectivity index (χ0) is 16.6. The van der Waals surface area contributed by atoms with Gasteiger partial charge >= 0.3 is 0 Å². The maximum Gasteiger partial charge on any atom is 0.174 e. The van der Waals surface area contributed by atoms with Crippen LogP contribution in [0.3, 0.4) is 0 Å². The molecule has 23 heavy (non-hydrogen) atoms. The summed E-state index contributed by atoms with van der Waals surface area (Å²) in [6.07, 6.45) is 8.10. The van der Waals surface area contributed by atoms with Gasteiger partial charge in [0.2, 0.25) is 0 Å². The van der Waals surface area contributed by atoms with Gasteiger partial charge in [-0.1, -0.05) is 25.4 Å². The molecule has 0 bridgehead atoms. The molecule has 4 aliphatic carbocycles. The third-order valence-corrected chi connectivity index (χ3v) is 9.05. The minimum atomic E-state index is -0.514. The third-order valence-electron chi connectivity index (χ3n) is 8.62. The summed E-state index contributed by atoms with van der Waals surface area (Å²) < 4.78 is 0. The van der Waals surface area contributed by atoms with Gasteiger partial charge in [0.05, 0.1) is 10.6 Å². The highest BCUT2D eigenvalue weighted by Crippen LogP contribution is 2.67. The molecule has 0 aromatic heterocycles. The molecule has 0 aromatic rings. The fourth-order valence-electron chi connectivity index (χ4n) is 6.89. The molecule has 4 aliphatic rings. The average Bonchev–Trinajstić information content (AvgIpc) is 2.74. The van der Waals surface area contributed by atoms with Crippen molar-refractivity contribution in [3.8, 4) is 0 Å². The topological polar surface area (TPSA) is 37.3 Å². The number of carbonyl (C=O) groups excluding carboxylic acids is 1. The van der Waals surface area contributed by atoms with Crippen LogP contribution in [0.15, 0.2) is 10.6 Å². The van der Waals surface area contributed by atoms with Crippen molar-refractivity contribution < 1.29 is 9.90 Å². The lowest BCUT2D eigenvalue weighted by Gasteiger charge is -2.59. The molecule has 3 saturated carbocycles. The molecule has 0 unspecified atom stereocenters. The first kappa shape index (κ1) is 16.1. The van der Waals surface area contributed by atoms with E-state index in [0.29, 0.717) is 29.2 Å². The molecule has 0 heterocycles. The number of Topliss-reactive ketones (excluding diaryl/α,β-unsaturated/α-hetero) is 1. The van der Waals surface area contributed by atoms with Crippen molar-refractivity contribution in [3.05, 3.63) is 10.6 Å². The molecule has 3 fully saturated rings. The van der Waals surface area contributed by atoms with Crippen LogP contribution < -0.4 is 0 Å². The smallest absolute Gasteiger partial charge is 0.174 e. The molecule has 0 aliphatic heterocycles. The summed E-state index contributed by atoms with van der Waals surface area (Å²) >= 11 is 6.44. The molecular weight excluding hydrogens is 308 g/mol. The van der Waals surface area contributed by atoms with Gasteiger partial charge in [0, 0.05) is 6.42 Å². The maximum absolute atomic E-state index is 12.0. The molecule has 128 valence electrons. The van der Waals surface area contributed by atoms with Crippen LogP contribution in [0.2, 0.25) is 0 Å². The second-order valence-corrected chi connectivity index (χ2v) is 9.70. The number of rotatable bonds is 0. The number of halogens is 1. The Kier molecular flexibility index (Phi) is 3.40. The Morgan fingerprint density at radius 1 is 1.00 bits per heavy atom. The van der Waals surface area contributed by atoms with Crippen molar-refractivity contribution in [2.45, 2.75) is 77.7 Å². The van der Waals surface area contributed by atoms with Crippen LogP contribution in [0.1, 0.15) is 72.1 Å². The summed E-state index contributed by atoms with van der Waals surface area (Å²) in [5.74, 6) is 2.11. The number of hydrogen-bond acceptors (Lipinski definition) is 2. The lowest BCUT2D eigenvalue weighted by molar-refractivity contribution is -0.124. The minimum absolute atomic E-state index is 0.0695. The molecule has 6 atom stereocenters. The van der Waals surface area contributed by atoms with E-state index in [0.717, 1.165) is 38.5 Å². The first-order valence-electron chi connectivity index (χ1n) is 9.35. The average molecular weight is 337 g/mol. The van der Waals surface area contributed by atoms with Crippen LogP contribution in [-0.2, 0) is 4.79 Å². The van der Waals surface area contributed by atoms with Crippen LogP contribution >= 0.6 is 11.6 Å². The summed E-state index contributed by atoms with van der Waals surface area (Å²) in [5, 5.41) is 11.5. The third kappa shape index (κ3) is 1.94. The molecule has 0 aromatic carbocycles. The molecule has 4 rings (SSSR count). The molecule has 0 saturated heterocycles. The van der Waals surface area contributed by atoms with Crippen molar-refractivity contribution in [2.75, 3.05) is 0 Å². The van der Waals surface area contributed by atoms with E-state index in [4.69, 9.17) is 11.6 Å². The van der Waals surface area contributed by atoms with E-state index in [-0.39, 0.29) is 16.6 Å². The van der Waals surface area contributed by atoms with Gasteiger partial charge in [-0.05, 0) is 86.0 Å². The minimum Gasteiger partial charge on any atom is -0.390 e.